The summed E-state index contributed by atoms with van der Waals surface area (Å²) < 4.78 is 40.2. The molecule has 0 bridgehead atoms. The zero-order valence-corrected chi connectivity index (χ0v) is 13.4. The molecule has 3 aromatic rings. The normalized spacial score (nSPS) is 15.3. The molecule has 1 heterocycles. The van der Waals surface area contributed by atoms with Crippen molar-refractivity contribution < 1.29 is 12.8 Å². The van der Waals surface area contributed by atoms with Crippen LogP contribution in [-0.4, -0.2) is 8.42 Å². The maximum atomic E-state index is 13.2. The predicted molar refractivity (Wildman–Crippen MR) is 88.7 cm³/mol. The molecule has 0 aliphatic carbocycles. The lowest BCUT2D eigenvalue weighted by Crippen LogP contribution is -2.26. The summed E-state index contributed by atoms with van der Waals surface area (Å²) in [6.07, 6.45) is 0. The summed E-state index contributed by atoms with van der Waals surface area (Å²) in [7, 11) is -3.64. The lowest BCUT2D eigenvalue weighted by Gasteiger charge is -2.19. The molecule has 0 saturated carbocycles. The van der Waals surface area contributed by atoms with Crippen molar-refractivity contribution in [2.45, 2.75) is 11.4 Å². The number of sulfonamides is 1. The van der Waals surface area contributed by atoms with E-state index in [0.717, 1.165) is 5.39 Å². The van der Waals surface area contributed by atoms with E-state index in [0.29, 0.717) is 21.5 Å². The van der Waals surface area contributed by atoms with Crippen LogP contribution in [0.15, 0.2) is 59.5 Å². The van der Waals surface area contributed by atoms with E-state index in [1.54, 1.807) is 18.2 Å². The molecule has 4 rings (SSSR count). The zero-order valence-electron chi connectivity index (χ0n) is 11.8. The van der Waals surface area contributed by atoms with Gasteiger partial charge in [-0.25, -0.2) is 12.8 Å². The van der Waals surface area contributed by atoms with Gasteiger partial charge in [-0.15, -0.1) is 0 Å². The van der Waals surface area contributed by atoms with Crippen LogP contribution in [-0.2, 0) is 16.6 Å². The van der Waals surface area contributed by atoms with Crippen LogP contribution in [0.5, 0.6) is 0 Å². The van der Waals surface area contributed by atoms with Crippen molar-refractivity contribution in [3.05, 3.63) is 71.0 Å². The molecule has 3 aromatic carbocycles. The summed E-state index contributed by atoms with van der Waals surface area (Å²) in [6, 6.07) is 14.7. The molecular formula is C17H11ClFNO2S. The van der Waals surface area contributed by atoms with Gasteiger partial charge in [-0.05, 0) is 35.2 Å². The van der Waals surface area contributed by atoms with E-state index in [2.05, 4.69) is 0 Å². The lowest BCUT2D eigenvalue weighted by atomic mass is 10.1. The maximum absolute atomic E-state index is 13.2. The number of rotatable bonds is 2. The first-order valence-electron chi connectivity index (χ1n) is 6.97. The number of anilines is 1. The Morgan fingerprint density at radius 2 is 1.78 bits per heavy atom. The fraction of sp³-hybridized carbons (Fsp3) is 0.0588. The highest BCUT2D eigenvalue weighted by molar-refractivity contribution is 7.93. The molecule has 0 unspecified atom stereocenters. The third-order valence-electron chi connectivity index (χ3n) is 4.01. The van der Waals surface area contributed by atoms with Gasteiger partial charge in [-0.1, -0.05) is 41.9 Å². The van der Waals surface area contributed by atoms with Crippen LogP contribution in [0, 0.1) is 5.82 Å². The summed E-state index contributed by atoms with van der Waals surface area (Å²) in [5.74, 6) is -0.451. The molecule has 0 radical (unpaired) electrons. The monoisotopic (exact) mass is 347 g/mol. The van der Waals surface area contributed by atoms with Gasteiger partial charge in [-0.3, -0.25) is 4.31 Å². The zero-order chi connectivity index (χ0) is 16.2. The van der Waals surface area contributed by atoms with Crippen LogP contribution >= 0.6 is 11.6 Å². The van der Waals surface area contributed by atoms with Crippen molar-refractivity contribution in [1.82, 2.24) is 0 Å². The van der Waals surface area contributed by atoms with Crippen LogP contribution in [0.25, 0.3) is 10.8 Å². The highest BCUT2D eigenvalue weighted by Crippen LogP contribution is 2.43. The van der Waals surface area contributed by atoms with Gasteiger partial charge < -0.3 is 0 Å². The Morgan fingerprint density at radius 1 is 1.04 bits per heavy atom. The molecular weight excluding hydrogens is 337 g/mol. The van der Waals surface area contributed by atoms with Gasteiger partial charge in [0.2, 0.25) is 0 Å². The minimum Gasteiger partial charge on any atom is -0.261 e. The number of hydrogen-bond donors (Lipinski definition) is 0. The highest BCUT2D eigenvalue weighted by atomic mass is 35.5. The number of hydrogen-bond acceptors (Lipinski definition) is 2. The molecule has 0 saturated heterocycles. The molecule has 0 atom stereocenters. The van der Waals surface area contributed by atoms with E-state index in [1.807, 2.05) is 18.2 Å². The number of benzene rings is 3. The Bertz CT molecular complexity index is 1040. The molecule has 0 N–H and O–H groups in total. The molecule has 3 nitrogen and oxygen atoms in total. The van der Waals surface area contributed by atoms with Crippen LogP contribution in [0.4, 0.5) is 10.1 Å². The Hall–Kier alpha value is -2.11. The van der Waals surface area contributed by atoms with Crippen LogP contribution < -0.4 is 4.31 Å². The second-order valence-electron chi connectivity index (χ2n) is 5.38. The first kappa shape index (κ1) is 14.5. The average molecular weight is 348 g/mol. The van der Waals surface area contributed by atoms with E-state index in [-0.39, 0.29) is 11.6 Å². The van der Waals surface area contributed by atoms with Crippen molar-refractivity contribution in [2.75, 3.05) is 4.31 Å². The van der Waals surface area contributed by atoms with Crippen LogP contribution in [0.2, 0.25) is 5.02 Å². The molecule has 0 fully saturated rings. The average Bonchev–Trinajstić information content (AvgIpc) is 2.73. The molecule has 0 amide bonds. The van der Waals surface area contributed by atoms with Crippen molar-refractivity contribution >= 4 is 38.1 Å². The summed E-state index contributed by atoms with van der Waals surface area (Å²) in [5.41, 5.74) is 1.18. The molecule has 6 heteroatoms. The number of nitrogens with zero attached hydrogens (tertiary/aromatic N) is 1. The summed E-state index contributed by atoms with van der Waals surface area (Å²) in [5, 5.41) is 1.80. The molecule has 1 aliphatic rings. The van der Waals surface area contributed by atoms with Gasteiger partial charge in [-0.2, -0.15) is 0 Å². The highest BCUT2D eigenvalue weighted by Gasteiger charge is 2.35. The quantitative estimate of drug-likeness (QED) is 0.691. The van der Waals surface area contributed by atoms with Crippen molar-refractivity contribution in [3.8, 4) is 0 Å². The van der Waals surface area contributed by atoms with Gasteiger partial charge in [0, 0.05) is 10.4 Å². The number of halogens is 2. The van der Waals surface area contributed by atoms with Gasteiger partial charge in [0.05, 0.1) is 17.1 Å². The summed E-state index contributed by atoms with van der Waals surface area (Å²) in [4.78, 5) is 0.295. The van der Waals surface area contributed by atoms with Crippen molar-refractivity contribution in [1.29, 1.82) is 0 Å². The summed E-state index contributed by atoms with van der Waals surface area (Å²) in [6.45, 7) is 0.0647. The first-order valence-corrected chi connectivity index (χ1v) is 8.79. The second-order valence-corrected chi connectivity index (χ2v) is 7.62. The fourth-order valence-corrected chi connectivity index (χ4v) is 4.85. The third-order valence-corrected chi connectivity index (χ3v) is 6.16. The molecule has 116 valence electrons. The Morgan fingerprint density at radius 3 is 2.52 bits per heavy atom. The minimum atomic E-state index is -3.64. The minimum absolute atomic E-state index is 0.0647. The predicted octanol–water partition coefficient (Wildman–Crippen LogP) is 4.34. The standard InChI is InChI=1S/C17H11ClFNO2S/c18-14-9-13(19)8-7-12(14)10-20-15-5-1-3-11-4-2-6-16(17(11)15)23(20,21)22/h1-9H,10H2. The summed E-state index contributed by atoms with van der Waals surface area (Å²) >= 11 is 6.05. The topological polar surface area (TPSA) is 37.4 Å². The first-order chi connectivity index (χ1) is 11.0. The largest absolute Gasteiger partial charge is 0.265 e. The van der Waals surface area contributed by atoms with E-state index < -0.39 is 15.8 Å². The second kappa shape index (κ2) is 4.94. The van der Waals surface area contributed by atoms with E-state index in [9.17, 15) is 12.8 Å². The van der Waals surface area contributed by atoms with Gasteiger partial charge in [0.25, 0.3) is 10.0 Å². The molecule has 1 aliphatic heterocycles. The third kappa shape index (κ3) is 2.11. The van der Waals surface area contributed by atoms with Gasteiger partial charge in [0.15, 0.2) is 0 Å². The Labute approximate surface area is 138 Å². The Balaban J connectivity index is 1.89. The maximum Gasteiger partial charge on any atom is 0.265 e. The van der Waals surface area contributed by atoms with E-state index in [1.165, 1.54) is 22.5 Å². The van der Waals surface area contributed by atoms with Gasteiger partial charge >= 0.3 is 0 Å². The van der Waals surface area contributed by atoms with E-state index in [4.69, 9.17) is 11.6 Å². The van der Waals surface area contributed by atoms with Gasteiger partial charge in [0.1, 0.15) is 5.82 Å². The fourth-order valence-electron chi connectivity index (χ4n) is 2.93. The smallest absolute Gasteiger partial charge is 0.261 e. The van der Waals surface area contributed by atoms with E-state index >= 15 is 0 Å². The van der Waals surface area contributed by atoms with Crippen LogP contribution in [0.3, 0.4) is 0 Å². The Kier molecular flexibility index (Phi) is 3.11. The van der Waals surface area contributed by atoms with Crippen LogP contribution in [0.1, 0.15) is 5.56 Å². The van der Waals surface area contributed by atoms with Crippen molar-refractivity contribution in [2.24, 2.45) is 0 Å². The van der Waals surface area contributed by atoms with Crippen molar-refractivity contribution in [3.63, 3.8) is 0 Å². The molecule has 23 heavy (non-hydrogen) atoms. The molecule has 0 spiro atoms. The molecule has 0 aromatic heterocycles. The lowest BCUT2D eigenvalue weighted by molar-refractivity contribution is 0.593. The SMILES string of the molecule is O=S1(=O)c2cccc3cccc(c23)N1Cc1ccc(F)cc1Cl.